The maximum Gasteiger partial charge on any atom is 0.255 e. The van der Waals surface area contributed by atoms with Crippen molar-refractivity contribution in [2.45, 2.75) is 38.3 Å². The first kappa shape index (κ1) is 12.8. The fourth-order valence-electron chi connectivity index (χ4n) is 2.21. The van der Waals surface area contributed by atoms with E-state index in [0.29, 0.717) is 17.9 Å². The maximum atomic E-state index is 12.1. The third kappa shape index (κ3) is 2.98. The van der Waals surface area contributed by atoms with Gasteiger partial charge in [-0.25, -0.2) is 0 Å². The number of pyridine rings is 1. The molecule has 0 saturated carbocycles. The largest absolute Gasteiger partial charge is 0.398 e. The molecule has 2 rings (SSSR count). The van der Waals surface area contributed by atoms with Gasteiger partial charge in [0, 0.05) is 30.7 Å². The van der Waals surface area contributed by atoms with E-state index in [1.807, 2.05) is 13.8 Å². The molecule has 18 heavy (non-hydrogen) atoms. The lowest BCUT2D eigenvalue weighted by Gasteiger charge is -2.35. The van der Waals surface area contributed by atoms with E-state index in [9.17, 15) is 4.79 Å². The Morgan fingerprint density at radius 3 is 3.06 bits per heavy atom. The first-order valence-corrected chi connectivity index (χ1v) is 6.12. The molecule has 98 valence electrons. The number of nitrogens with two attached hydrogens (primary N) is 1. The summed E-state index contributed by atoms with van der Waals surface area (Å²) in [4.78, 5) is 16.0. The summed E-state index contributed by atoms with van der Waals surface area (Å²) in [6, 6.07) is 1.75. The van der Waals surface area contributed by atoms with Crippen LogP contribution in [0.3, 0.4) is 0 Å². The molecule has 1 atom stereocenters. The SMILES string of the molecule is CC1(C)CC(NC(=O)c2cnccc2N)CCO1. The summed E-state index contributed by atoms with van der Waals surface area (Å²) >= 11 is 0. The van der Waals surface area contributed by atoms with Crippen molar-refractivity contribution in [2.75, 3.05) is 12.3 Å². The zero-order chi connectivity index (χ0) is 13.2. The Morgan fingerprint density at radius 1 is 1.61 bits per heavy atom. The summed E-state index contributed by atoms with van der Waals surface area (Å²) in [5, 5.41) is 2.99. The second kappa shape index (κ2) is 4.94. The second-order valence-electron chi connectivity index (χ2n) is 5.23. The van der Waals surface area contributed by atoms with Crippen molar-refractivity contribution in [3.05, 3.63) is 24.0 Å². The van der Waals surface area contributed by atoms with Gasteiger partial charge < -0.3 is 15.8 Å². The number of anilines is 1. The van der Waals surface area contributed by atoms with Gasteiger partial charge in [-0.1, -0.05) is 0 Å². The van der Waals surface area contributed by atoms with Gasteiger partial charge in [-0.2, -0.15) is 0 Å². The van der Waals surface area contributed by atoms with E-state index in [1.165, 1.54) is 6.20 Å². The number of rotatable bonds is 2. The van der Waals surface area contributed by atoms with Crippen LogP contribution in [0.25, 0.3) is 0 Å². The van der Waals surface area contributed by atoms with Crippen LogP contribution in [0, 0.1) is 0 Å². The Kier molecular flexibility index (Phi) is 3.52. The first-order chi connectivity index (χ1) is 8.48. The predicted octanol–water partition coefficient (Wildman–Crippen LogP) is 1.35. The quantitative estimate of drug-likeness (QED) is 0.829. The monoisotopic (exact) mass is 249 g/mol. The number of nitrogens with one attached hydrogen (secondary N) is 1. The molecule has 5 heteroatoms. The summed E-state index contributed by atoms with van der Waals surface area (Å²) in [7, 11) is 0. The molecular formula is C13H19N3O2. The minimum Gasteiger partial charge on any atom is -0.398 e. The van der Waals surface area contributed by atoms with Crippen molar-refractivity contribution in [3.63, 3.8) is 0 Å². The zero-order valence-corrected chi connectivity index (χ0v) is 10.8. The van der Waals surface area contributed by atoms with Crippen molar-refractivity contribution in [1.29, 1.82) is 0 Å². The lowest BCUT2D eigenvalue weighted by molar-refractivity contribution is -0.0615. The van der Waals surface area contributed by atoms with Crippen LogP contribution in [0.2, 0.25) is 0 Å². The lowest BCUT2D eigenvalue weighted by Crippen LogP contribution is -2.45. The minimum atomic E-state index is -0.184. The fraction of sp³-hybridized carbons (Fsp3) is 0.538. The van der Waals surface area contributed by atoms with Crippen LogP contribution >= 0.6 is 0 Å². The predicted molar refractivity (Wildman–Crippen MR) is 69.2 cm³/mol. The Hall–Kier alpha value is -1.62. The van der Waals surface area contributed by atoms with Crippen molar-refractivity contribution < 1.29 is 9.53 Å². The van der Waals surface area contributed by atoms with E-state index < -0.39 is 0 Å². The van der Waals surface area contributed by atoms with Crippen LogP contribution in [0.4, 0.5) is 5.69 Å². The standard InChI is InChI=1S/C13H19N3O2/c1-13(2)7-9(4-6-18-13)16-12(17)10-8-15-5-3-11(10)14/h3,5,8-9H,4,6-7H2,1-2H3,(H2,14,15)(H,16,17). The number of nitrogen functional groups attached to an aromatic ring is 1. The third-order valence-electron chi connectivity index (χ3n) is 3.13. The van der Waals surface area contributed by atoms with Gasteiger partial charge in [0.15, 0.2) is 0 Å². The van der Waals surface area contributed by atoms with Crippen LogP contribution < -0.4 is 11.1 Å². The number of carbonyl (C=O) groups excluding carboxylic acids is 1. The summed E-state index contributed by atoms with van der Waals surface area (Å²) in [6.45, 7) is 4.73. The van der Waals surface area contributed by atoms with E-state index in [4.69, 9.17) is 10.5 Å². The minimum absolute atomic E-state index is 0.126. The van der Waals surface area contributed by atoms with Crippen LogP contribution in [0.5, 0.6) is 0 Å². The normalized spacial score (nSPS) is 22.4. The number of ether oxygens (including phenoxy) is 1. The average molecular weight is 249 g/mol. The highest BCUT2D eigenvalue weighted by Gasteiger charge is 2.30. The molecule has 1 aliphatic rings. The van der Waals surface area contributed by atoms with Crippen molar-refractivity contribution in [1.82, 2.24) is 10.3 Å². The molecule has 0 bridgehead atoms. The summed E-state index contributed by atoms with van der Waals surface area (Å²) in [5.41, 5.74) is 6.46. The molecule has 2 heterocycles. The van der Waals surface area contributed by atoms with E-state index in [1.54, 1.807) is 12.3 Å². The van der Waals surface area contributed by atoms with Crippen LogP contribution in [-0.4, -0.2) is 29.1 Å². The van der Waals surface area contributed by atoms with E-state index >= 15 is 0 Å². The topological polar surface area (TPSA) is 77.2 Å². The van der Waals surface area contributed by atoms with E-state index in [0.717, 1.165) is 12.8 Å². The number of hydrogen-bond acceptors (Lipinski definition) is 4. The highest BCUT2D eigenvalue weighted by atomic mass is 16.5. The Bertz CT molecular complexity index is 446. The van der Waals surface area contributed by atoms with Crippen molar-refractivity contribution >= 4 is 11.6 Å². The van der Waals surface area contributed by atoms with Gasteiger partial charge in [-0.3, -0.25) is 9.78 Å². The molecule has 1 aliphatic heterocycles. The van der Waals surface area contributed by atoms with E-state index in [2.05, 4.69) is 10.3 Å². The van der Waals surface area contributed by atoms with Crippen molar-refractivity contribution in [3.8, 4) is 0 Å². The van der Waals surface area contributed by atoms with Gasteiger partial charge in [0.1, 0.15) is 0 Å². The van der Waals surface area contributed by atoms with Gasteiger partial charge in [0.25, 0.3) is 5.91 Å². The van der Waals surface area contributed by atoms with Gasteiger partial charge in [0.05, 0.1) is 11.2 Å². The molecule has 1 fully saturated rings. The second-order valence-corrected chi connectivity index (χ2v) is 5.23. The van der Waals surface area contributed by atoms with Gasteiger partial charge in [-0.05, 0) is 32.8 Å². The van der Waals surface area contributed by atoms with Crippen LogP contribution in [0.1, 0.15) is 37.0 Å². The smallest absolute Gasteiger partial charge is 0.255 e. The summed E-state index contributed by atoms with van der Waals surface area (Å²) in [5.74, 6) is -0.164. The Balaban J connectivity index is 2.02. The molecule has 0 spiro atoms. The molecule has 1 saturated heterocycles. The molecular weight excluding hydrogens is 230 g/mol. The molecule has 1 aromatic heterocycles. The molecule has 1 aromatic rings. The number of carbonyl (C=O) groups is 1. The third-order valence-corrected chi connectivity index (χ3v) is 3.13. The lowest BCUT2D eigenvalue weighted by atomic mass is 9.94. The van der Waals surface area contributed by atoms with Gasteiger partial charge in [-0.15, -0.1) is 0 Å². The number of aromatic nitrogens is 1. The fourth-order valence-corrected chi connectivity index (χ4v) is 2.21. The van der Waals surface area contributed by atoms with Crippen LogP contribution in [0.15, 0.2) is 18.5 Å². The average Bonchev–Trinajstić information content (AvgIpc) is 2.28. The maximum absolute atomic E-state index is 12.1. The molecule has 0 aliphatic carbocycles. The molecule has 0 aromatic carbocycles. The molecule has 1 unspecified atom stereocenters. The Morgan fingerprint density at radius 2 is 2.39 bits per heavy atom. The van der Waals surface area contributed by atoms with E-state index in [-0.39, 0.29) is 17.6 Å². The highest BCUT2D eigenvalue weighted by molar-refractivity contribution is 5.98. The molecule has 5 nitrogen and oxygen atoms in total. The first-order valence-electron chi connectivity index (χ1n) is 6.12. The summed E-state index contributed by atoms with van der Waals surface area (Å²) in [6.07, 6.45) is 4.70. The van der Waals surface area contributed by atoms with Crippen molar-refractivity contribution in [2.24, 2.45) is 0 Å². The molecule has 1 amide bonds. The number of nitrogens with zero attached hydrogens (tertiary/aromatic N) is 1. The number of amides is 1. The van der Waals surface area contributed by atoms with Gasteiger partial charge >= 0.3 is 0 Å². The molecule has 0 radical (unpaired) electrons. The highest BCUT2D eigenvalue weighted by Crippen LogP contribution is 2.24. The van der Waals surface area contributed by atoms with Crippen LogP contribution in [-0.2, 0) is 4.74 Å². The molecule has 3 N–H and O–H groups in total. The number of hydrogen-bond donors (Lipinski definition) is 2. The van der Waals surface area contributed by atoms with Gasteiger partial charge in [0.2, 0.25) is 0 Å². The Labute approximate surface area is 107 Å². The summed E-state index contributed by atoms with van der Waals surface area (Å²) < 4.78 is 5.62. The zero-order valence-electron chi connectivity index (χ0n) is 10.8.